The average Bonchev–Trinajstić information content (AvgIpc) is 3.06. The van der Waals surface area contributed by atoms with Crippen molar-refractivity contribution >= 4 is 28.8 Å². The van der Waals surface area contributed by atoms with Crippen molar-refractivity contribution in [1.82, 2.24) is 10.3 Å². The lowest BCUT2D eigenvalue weighted by Gasteiger charge is -2.12. The molecule has 0 aliphatic rings. The molecule has 0 aliphatic carbocycles. The molecule has 0 saturated carbocycles. The minimum atomic E-state index is -0.0859. The van der Waals surface area contributed by atoms with E-state index in [4.69, 9.17) is 11.6 Å². The summed E-state index contributed by atoms with van der Waals surface area (Å²) in [6.07, 6.45) is 3.48. The van der Waals surface area contributed by atoms with E-state index >= 15 is 0 Å². The van der Waals surface area contributed by atoms with Crippen molar-refractivity contribution in [3.63, 3.8) is 0 Å². The molecule has 2 aromatic heterocycles. The molecule has 1 amide bonds. The second-order valence-corrected chi connectivity index (χ2v) is 6.67. The molecule has 5 heteroatoms. The monoisotopic (exact) mass is 342 g/mol. The summed E-state index contributed by atoms with van der Waals surface area (Å²) in [6, 6.07) is 15.1. The van der Waals surface area contributed by atoms with Crippen LogP contribution in [0.3, 0.4) is 0 Å². The van der Waals surface area contributed by atoms with Crippen LogP contribution in [-0.2, 0) is 0 Å². The number of nitrogens with one attached hydrogen (secondary N) is 1. The number of benzene rings is 1. The maximum absolute atomic E-state index is 12.4. The lowest BCUT2D eigenvalue weighted by Crippen LogP contribution is -2.25. The van der Waals surface area contributed by atoms with Gasteiger partial charge in [0.1, 0.15) is 0 Å². The van der Waals surface area contributed by atoms with Crippen LogP contribution in [0.15, 0.2) is 60.9 Å². The van der Waals surface area contributed by atoms with Crippen molar-refractivity contribution in [2.45, 2.75) is 13.0 Å². The Bertz CT molecular complexity index is 799. The third-order valence-corrected chi connectivity index (χ3v) is 4.88. The standard InChI is InChI=1S/C18H15ClN2OS/c1-12(14-3-2-10-20-11-14)21-18(22)17-9-8-16(23-17)13-4-6-15(19)7-5-13/h2-12H,1H3,(H,21,22)/t12-/m0/s1. The highest BCUT2D eigenvalue weighted by molar-refractivity contribution is 7.17. The zero-order chi connectivity index (χ0) is 16.2. The molecular formula is C18H15ClN2OS. The van der Waals surface area contributed by atoms with Crippen molar-refractivity contribution in [1.29, 1.82) is 0 Å². The summed E-state index contributed by atoms with van der Waals surface area (Å²) in [5, 5.41) is 3.70. The molecule has 2 heterocycles. The summed E-state index contributed by atoms with van der Waals surface area (Å²) in [5.74, 6) is -0.0773. The Morgan fingerprint density at radius 3 is 2.65 bits per heavy atom. The van der Waals surface area contributed by atoms with Gasteiger partial charge in [0.15, 0.2) is 0 Å². The molecule has 0 unspecified atom stereocenters. The number of nitrogens with zero attached hydrogens (tertiary/aromatic N) is 1. The molecule has 0 fully saturated rings. The normalized spacial score (nSPS) is 11.9. The van der Waals surface area contributed by atoms with Crippen LogP contribution in [-0.4, -0.2) is 10.9 Å². The fourth-order valence-corrected chi connectivity index (χ4v) is 3.25. The summed E-state index contributed by atoms with van der Waals surface area (Å²) < 4.78 is 0. The van der Waals surface area contributed by atoms with Crippen LogP contribution in [0.2, 0.25) is 5.02 Å². The van der Waals surface area contributed by atoms with Crippen LogP contribution in [0.4, 0.5) is 0 Å². The summed E-state index contributed by atoms with van der Waals surface area (Å²) in [6.45, 7) is 1.95. The molecule has 116 valence electrons. The fraction of sp³-hybridized carbons (Fsp3) is 0.111. The second kappa shape index (κ2) is 6.94. The van der Waals surface area contributed by atoms with Crippen LogP contribution in [0.1, 0.15) is 28.2 Å². The zero-order valence-electron chi connectivity index (χ0n) is 12.5. The van der Waals surface area contributed by atoms with Crippen molar-refractivity contribution < 1.29 is 4.79 Å². The highest BCUT2D eigenvalue weighted by Gasteiger charge is 2.14. The number of carbonyl (C=O) groups excluding carboxylic acids is 1. The van der Waals surface area contributed by atoms with Gasteiger partial charge in [0.25, 0.3) is 5.91 Å². The molecule has 23 heavy (non-hydrogen) atoms. The highest BCUT2D eigenvalue weighted by Crippen LogP contribution is 2.29. The van der Waals surface area contributed by atoms with Crippen LogP contribution in [0.5, 0.6) is 0 Å². The van der Waals surface area contributed by atoms with Crippen LogP contribution in [0.25, 0.3) is 10.4 Å². The van der Waals surface area contributed by atoms with E-state index in [2.05, 4.69) is 10.3 Å². The maximum Gasteiger partial charge on any atom is 0.261 e. The number of hydrogen-bond acceptors (Lipinski definition) is 3. The number of halogens is 1. The van der Waals surface area contributed by atoms with Crippen LogP contribution >= 0.6 is 22.9 Å². The Morgan fingerprint density at radius 1 is 1.17 bits per heavy atom. The Hall–Kier alpha value is -2.17. The van der Waals surface area contributed by atoms with E-state index in [1.165, 1.54) is 11.3 Å². The molecule has 0 aliphatic heterocycles. The minimum Gasteiger partial charge on any atom is -0.345 e. The first kappa shape index (κ1) is 15.7. The lowest BCUT2D eigenvalue weighted by atomic mass is 10.1. The topological polar surface area (TPSA) is 42.0 Å². The molecule has 3 aromatic rings. The zero-order valence-corrected chi connectivity index (χ0v) is 14.1. The number of hydrogen-bond donors (Lipinski definition) is 1. The van der Waals surface area contributed by atoms with E-state index in [9.17, 15) is 4.79 Å². The lowest BCUT2D eigenvalue weighted by molar-refractivity contribution is 0.0944. The Labute approximate surface area is 144 Å². The number of pyridine rings is 1. The molecule has 1 aromatic carbocycles. The Balaban J connectivity index is 1.72. The van der Waals surface area contributed by atoms with Gasteiger partial charge in [-0.1, -0.05) is 29.8 Å². The number of aromatic nitrogens is 1. The van der Waals surface area contributed by atoms with Gasteiger partial charge in [-0.3, -0.25) is 9.78 Å². The number of thiophene rings is 1. The minimum absolute atomic E-state index is 0.0773. The van der Waals surface area contributed by atoms with Gasteiger partial charge in [0, 0.05) is 22.3 Å². The predicted octanol–water partition coefficient (Wildman–Crippen LogP) is 4.95. The van der Waals surface area contributed by atoms with Crippen LogP contribution in [0, 0.1) is 0 Å². The smallest absolute Gasteiger partial charge is 0.261 e. The van der Waals surface area contributed by atoms with Crippen molar-refractivity contribution in [2.75, 3.05) is 0 Å². The van der Waals surface area contributed by atoms with Gasteiger partial charge >= 0.3 is 0 Å². The molecule has 0 radical (unpaired) electrons. The predicted molar refractivity (Wildman–Crippen MR) is 94.9 cm³/mol. The Morgan fingerprint density at radius 2 is 1.96 bits per heavy atom. The first-order chi connectivity index (χ1) is 11.1. The van der Waals surface area contributed by atoms with E-state index < -0.39 is 0 Å². The van der Waals surface area contributed by atoms with Gasteiger partial charge in [0.2, 0.25) is 0 Å². The molecule has 3 rings (SSSR count). The summed E-state index contributed by atoms with van der Waals surface area (Å²) >= 11 is 7.37. The third-order valence-electron chi connectivity index (χ3n) is 3.49. The molecule has 3 nitrogen and oxygen atoms in total. The van der Waals surface area contributed by atoms with Gasteiger partial charge in [0.05, 0.1) is 10.9 Å². The molecule has 1 N–H and O–H groups in total. The van der Waals surface area contributed by atoms with E-state index in [0.29, 0.717) is 9.90 Å². The second-order valence-electron chi connectivity index (χ2n) is 5.15. The molecule has 0 bridgehead atoms. The van der Waals surface area contributed by atoms with Crippen molar-refractivity contribution in [3.8, 4) is 10.4 Å². The average molecular weight is 343 g/mol. The van der Waals surface area contributed by atoms with E-state index in [1.54, 1.807) is 12.4 Å². The largest absolute Gasteiger partial charge is 0.345 e. The first-order valence-corrected chi connectivity index (χ1v) is 8.39. The summed E-state index contributed by atoms with van der Waals surface area (Å²) in [4.78, 5) is 18.2. The molecular weight excluding hydrogens is 328 g/mol. The molecule has 1 atom stereocenters. The highest BCUT2D eigenvalue weighted by atomic mass is 35.5. The fourth-order valence-electron chi connectivity index (χ4n) is 2.21. The van der Waals surface area contributed by atoms with Gasteiger partial charge in [-0.25, -0.2) is 0 Å². The van der Waals surface area contributed by atoms with E-state index in [1.807, 2.05) is 55.5 Å². The van der Waals surface area contributed by atoms with Gasteiger partial charge in [-0.15, -0.1) is 11.3 Å². The van der Waals surface area contributed by atoms with Crippen molar-refractivity contribution in [3.05, 3.63) is 76.4 Å². The van der Waals surface area contributed by atoms with Crippen LogP contribution < -0.4 is 5.32 Å². The van der Waals surface area contributed by atoms with Gasteiger partial charge in [-0.05, 0) is 48.4 Å². The maximum atomic E-state index is 12.4. The van der Waals surface area contributed by atoms with Crippen molar-refractivity contribution in [2.24, 2.45) is 0 Å². The number of carbonyl (C=O) groups is 1. The van der Waals surface area contributed by atoms with E-state index in [0.717, 1.165) is 16.0 Å². The van der Waals surface area contributed by atoms with Gasteiger partial charge < -0.3 is 5.32 Å². The Kier molecular flexibility index (Phi) is 4.74. The third kappa shape index (κ3) is 3.78. The van der Waals surface area contributed by atoms with E-state index in [-0.39, 0.29) is 11.9 Å². The van der Waals surface area contributed by atoms with Gasteiger partial charge in [-0.2, -0.15) is 0 Å². The number of amides is 1. The summed E-state index contributed by atoms with van der Waals surface area (Å²) in [7, 11) is 0. The quantitative estimate of drug-likeness (QED) is 0.728. The first-order valence-electron chi connectivity index (χ1n) is 7.20. The number of rotatable bonds is 4. The summed E-state index contributed by atoms with van der Waals surface area (Å²) in [5.41, 5.74) is 2.04. The molecule has 0 spiro atoms. The molecule has 0 saturated heterocycles. The SMILES string of the molecule is C[C@H](NC(=O)c1ccc(-c2ccc(Cl)cc2)s1)c1cccnc1.